The minimum absolute atomic E-state index is 0.125. The minimum atomic E-state index is -1.65. The number of amides is 8. The number of hydrogen-bond acceptors (Lipinski definition) is 13. The number of carbonyl (C=O) groups is 8. The van der Waals surface area contributed by atoms with E-state index in [2.05, 4.69) is 67.1 Å². The molecule has 50 heavy (non-hydrogen) atoms. The van der Waals surface area contributed by atoms with Gasteiger partial charge in [0.15, 0.2) is 0 Å². The van der Waals surface area contributed by atoms with E-state index in [-0.39, 0.29) is 17.9 Å². The van der Waals surface area contributed by atoms with Crippen LogP contribution in [0.4, 0.5) is 4.79 Å². The van der Waals surface area contributed by atoms with Crippen molar-refractivity contribution in [2.45, 2.75) is 69.5 Å². The van der Waals surface area contributed by atoms with Gasteiger partial charge in [0.2, 0.25) is 41.4 Å². The van der Waals surface area contributed by atoms with Crippen molar-refractivity contribution in [3.63, 3.8) is 0 Å². The van der Waals surface area contributed by atoms with Crippen molar-refractivity contribution >= 4 is 72.7 Å². The van der Waals surface area contributed by atoms with Crippen LogP contribution in [0, 0.1) is 5.92 Å². The average Bonchev–Trinajstić information content (AvgIpc) is 3.57. The number of thiol groups is 2. The Morgan fingerprint density at radius 1 is 0.700 bits per heavy atom. The van der Waals surface area contributed by atoms with Crippen LogP contribution in [0.25, 0.3) is 0 Å². The molecule has 0 aromatic carbocycles. The van der Waals surface area contributed by atoms with Crippen molar-refractivity contribution in [3.05, 3.63) is 18.2 Å². The lowest BCUT2D eigenvalue weighted by atomic mass is 10.0. The summed E-state index contributed by atoms with van der Waals surface area (Å²) in [6.07, 6.45) is 1.11. The summed E-state index contributed by atoms with van der Waals surface area (Å²) in [7, 11) is 0. The molecule has 21 nitrogen and oxygen atoms in total. The van der Waals surface area contributed by atoms with E-state index < -0.39 is 109 Å². The first-order valence-electron chi connectivity index (χ1n) is 15.0. The zero-order chi connectivity index (χ0) is 38.1. The van der Waals surface area contributed by atoms with Crippen molar-refractivity contribution in [1.82, 2.24) is 47.2 Å². The third kappa shape index (κ3) is 14.1. The van der Waals surface area contributed by atoms with Gasteiger partial charge in [-0.05, 0) is 12.8 Å². The maximum absolute atomic E-state index is 13.2. The first-order valence-corrected chi connectivity index (χ1v) is 16.3. The average molecular weight is 749 g/mol. The van der Waals surface area contributed by atoms with Crippen LogP contribution in [0.2, 0.25) is 0 Å². The maximum Gasteiger partial charge on any atom is 0.405 e. The highest BCUT2D eigenvalue weighted by molar-refractivity contribution is 7.80. The van der Waals surface area contributed by atoms with Gasteiger partial charge < -0.3 is 63.3 Å². The number of aromatic nitrogens is 2. The lowest BCUT2D eigenvalue weighted by molar-refractivity contribution is -0.136. The molecule has 0 spiro atoms. The molecule has 1 aromatic rings. The molecule has 1 heterocycles. The van der Waals surface area contributed by atoms with Gasteiger partial charge in [-0.25, -0.2) is 9.78 Å². The van der Waals surface area contributed by atoms with E-state index in [1.807, 2.05) is 5.32 Å². The van der Waals surface area contributed by atoms with Gasteiger partial charge in [-0.15, -0.1) is 0 Å². The van der Waals surface area contributed by atoms with Crippen molar-refractivity contribution < 1.29 is 53.7 Å². The largest absolute Gasteiger partial charge is 0.465 e. The minimum Gasteiger partial charge on any atom is -0.465 e. The normalized spacial score (nSPS) is 15.1. The molecular weight excluding hydrogens is 704 g/mol. The molecule has 1 rings (SSSR count). The van der Waals surface area contributed by atoms with Crippen molar-refractivity contribution in [2.24, 2.45) is 11.7 Å². The highest BCUT2D eigenvalue weighted by atomic mass is 32.1. The second kappa shape index (κ2) is 21.5. The van der Waals surface area contributed by atoms with Crippen LogP contribution in [0.3, 0.4) is 0 Å². The molecule has 0 unspecified atom stereocenters. The smallest absolute Gasteiger partial charge is 0.405 e. The van der Waals surface area contributed by atoms with Gasteiger partial charge in [0.05, 0.1) is 19.5 Å². The SMILES string of the molecule is CC(C)[C@H](NC(=O)[C@H](C)NC(=O)[C@H](Cc1cnc[nH]1)NC(=O)[C@H](CS)NC(=O)O)C(=O)N[C@@H](CO)C(=O)N[C@@H](CO)C(=O)N[C@@H](CS)C(N)=O. The molecule has 0 fully saturated rings. The van der Waals surface area contributed by atoms with Crippen molar-refractivity contribution in [1.29, 1.82) is 0 Å². The van der Waals surface area contributed by atoms with Crippen LogP contribution in [0.15, 0.2) is 12.5 Å². The van der Waals surface area contributed by atoms with Crippen LogP contribution >= 0.6 is 25.3 Å². The second-order valence-electron chi connectivity index (χ2n) is 11.1. The van der Waals surface area contributed by atoms with E-state index in [1.165, 1.54) is 19.4 Å². The fraction of sp³-hybridized carbons (Fsp3) is 0.593. The fourth-order valence-corrected chi connectivity index (χ4v) is 4.56. The molecule has 0 aliphatic rings. The number of hydrogen-bond donors (Lipinski definition) is 14. The lowest BCUT2D eigenvalue weighted by Crippen LogP contribution is -2.61. The summed E-state index contributed by atoms with van der Waals surface area (Å²) < 4.78 is 0. The topological polar surface area (TPSA) is 336 Å². The predicted molar refractivity (Wildman–Crippen MR) is 180 cm³/mol. The number of rotatable bonds is 21. The summed E-state index contributed by atoms with van der Waals surface area (Å²) in [5.41, 5.74) is 5.58. The zero-order valence-corrected chi connectivity index (χ0v) is 29.1. The third-order valence-electron chi connectivity index (χ3n) is 6.88. The molecule has 13 N–H and O–H groups in total. The van der Waals surface area contributed by atoms with Gasteiger partial charge in [0, 0.05) is 29.8 Å². The summed E-state index contributed by atoms with van der Waals surface area (Å²) in [6, 6.07) is -9.68. The number of primary amides is 1. The van der Waals surface area contributed by atoms with Crippen molar-refractivity contribution in [3.8, 4) is 0 Å². The number of aliphatic hydroxyl groups is 2. The Balaban J connectivity index is 2.98. The molecule has 1 aromatic heterocycles. The molecule has 280 valence electrons. The fourth-order valence-electron chi connectivity index (χ4n) is 4.03. The van der Waals surface area contributed by atoms with Gasteiger partial charge in [-0.1, -0.05) is 13.8 Å². The number of nitrogens with one attached hydrogen (secondary N) is 8. The molecular formula is C27H44N10O11S2. The number of imidazole rings is 1. The highest BCUT2D eigenvalue weighted by Crippen LogP contribution is 2.05. The van der Waals surface area contributed by atoms with Gasteiger partial charge >= 0.3 is 6.09 Å². The van der Waals surface area contributed by atoms with E-state index in [1.54, 1.807) is 13.8 Å². The third-order valence-corrected chi connectivity index (χ3v) is 7.61. The number of nitrogens with two attached hydrogens (primary N) is 1. The van der Waals surface area contributed by atoms with Gasteiger partial charge in [0.25, 0.3) is 0 Å². The number of nitrogens with zero attached hydrogens (tertiary/aromatic N) is 1. The summed E-state index contributed by atoms with van der Waals surface area (Å²) in [5.74, 6) is -7.47. The highest BCUT2D eigenvalue weighted by Gasteiger charge is 2.33. The Labute approximate surface area is 297 Å². The summed E-state index contributed by atoms with van der Waals surface area (Å²) >= 11 is 7.85. The van der Waals surface area contributed by atoms with E-state index in [0.717, 1.165) is 0 Å². The first-order chi connectivity index (χ1) is 23.5. The summed E-state index contributed by atoms with van der Waals surface area (Å²) in [4.78, 5) is 106. The van der Waals surface area contributed by atoms with Crippen LogP contribution < -0.4 is 43.0 Å². The van der Waals surface area contributed by atoms with E-state index >= 15 is 0 Å². The van der Waals surface area contributed by atoms with Crippen LogP contribution in [-0.2, 0) is 40.0 Å². The van der Waals surface area contributed by atoms with Gasteiger partial charge in [-0.2, -0.15) is 25.3 Å². The van der Waals surface area contributed by atoms with E-state index in [9.17, 15) is 48.6 Å². The van der Waals surface area contributed by atoms with Gasteiger partial charge in [-0.3, -0.25) is 33.6 Å². The Hall–Kier alpha value is -4.61. The number of carbonyl (C=O) groups excluding carboxylic acids is 7. The van der Waals surface area contributed by atoms with Gasteiger partial charge in [0.1, 0.15) is 42.3 Å². The Morgan fingerprint density at radius 2 is 1.18 bits per heavy atom. The molecule has 0 saturated carbocycles. The quantitative estimate of drug-likeness (QED) is 0.0524. The molecule has 8 amide bonds. The molecule has 0 aliphatic heterocycles. The number of aromatic amines is 1. The number of aliphatic hydroxyl groups excluding tert-OH is 2. The standard InChI is InChI=1S/C27H44N10O11S2/c1-11(2)19(26(46)34-16(7-39)23(43)33-15(6-38)24(44)35-17(8-49)20(28)40)37-21(41)12(3)31-22(42)14(4-13-5-29-10-30-13)32-25(45)18(9-50)36-27(47)48/h5,10-12,14-19,36,38-39,49-50H,4,6-9H2,1-3H3,(H2,28,40)(H,29,30)(H,31,42)(H,32,45)(H,33,43)(H,34,46)(H,35,44)(H,37,41)(H,47,48)/t12-,14-,15-,16-,17-,18-,19-/m0/s1. The predicted octanol–water partition coefficient (Wildman–Crippen LogP) is -5.50. The van der Waals surface area contributed by atoms with Crippen LogP contribution in [-0.4, -0.2) is 140 Å². The Morgan fingerprint density at radius 3 is 1.62 bits per heavy atom. The first kappa shape index (κ1) is 43.4. The summed E-state index contributed by atoms with van der Waals surface area (Å²) in [5, 5.41) is 44.2. The number of H-pyrrole nitrogens is 1. The molecule has 0 saturated heterocycles. The monoisotopic (exact) mass is 748 g/mol. The Kier molecular flexibility index (Phi) is 18.6. The maximum atomic E-state index is 13.2. The number of carboxylic acid groups (broad SMARTS) is 1. The molecule has 0 bridgehead atoms. The van der Waals surface area contributed by atoms with E-state index in [4.69, 9.17) is 10.8 Å². The van der Waals surface area contributed by atoms with Crippen LogP contribution in [0.1, 0.15) is 26.5 Å². The molecule has 0 radical (unpaired) electrons. The molecule has 23 heteroatoms. The second-order valence-corrected chi connectivity index (χ2v) is 11.9. The molecule has 0 aliphatic carbocycles. The summed E-state index contributed by atoms with van der Waals surface area (Å²) in [6.45, 7) is 2.54. The Bertz CT molecular complexity index is 1350. The van der Waals surface area contributed by atoms with Crippen LogP contribution in [0.5, 0.6) is 0 Å². The molecule has 7 atom stereocenters. The lowest BCUT2D eigenvalue weighted by Gasteiger charge is -2.27. The van der Waals surface area contributed by atoms with E-state index in [0.29, 0.717) is 5.69 Å². The zero-order valence-electron chi connectivity index (χ0n) is 27.3. The van der Waals surface area contributed by atoms with Crippen molar-refractivity contribution in [2.75, 3.05) is 24.7 Å².